The molecule has 1 aliphatic heterocycles. The maximum atomic E-state index is 10.2. The largest absolute Gasteiger partial charge is 0.495 e. The van der Waals surface area contributed by atoms with Gasteiger partial charge in [-0.05, 0) is 44.6 Å². The molecule has 0 saturated heterocycles. The van der Waals surface area contributed by atoms with Gasteiger partial charge in [-0.2, -0.15) is 0 Å². The minimum Gasteiger partial charge on any atom is -0.495 e. The molecule has 2 atom stereocenters. The summed E-state index contributed by atoms with van der Waals surface area (Å²) in [5.74, 6) is 1.26. The quantitative estimate of drug-likeness (QED) is 0.756. The molecule has 1 N–H and O–H groups in total. The van der Waals surface area contributed by atoms with E-state index >= 15 is 0 Å². The van der Waals surface area contributed by atoms with E-state index in [0.717, 1.165) is 25.2 Å². The van der Waals surface area contributed by atoms with E-state index in [2.05, 4.69) is 0 Å². The van der Waals surface area contributed by atoms with E-state index < -0.39 is 6.10 Å². The summed E-state index contributed by atoms with van der Waals surface area (Å²) in [4.78, 5) is 0. The Morgan fingerprint density at radius 3 is 2.93 bits per heavy atom. The van der Waals surface area contributed by atoms with Crippen LogP contribution in [0.25, 0.3) is 0 Å². The zero-order chi connectivity index (χ0) is 10.7. The van der Waals surface area contributed by atoms with Crippen LogP contribution >= 0.6 is 0 Å². The smallest absolute Gasteiger partial charge is 0.137 e. The van der Waals surface area contributed by atoms with Crippen LogP contribution in [0.1, 0.15) is 32.6 Å². The van der Waals surface area contributed by atoms with Crippen molar-refractivity contribution in [3.63, 3.8) is 0 Å². The van der Waals surface area contributed by atoms with Crippen LogP contribution < -0.4 is 0 Å². The van der Waals surface area contributed by atoms with Gasteiger partial charge in [0.05, 0.1) is 12.7 Å². The molecule has 2 unspecified atom stereocenters. The number of aliphatic hydroxyl groups excluding tert-OH is 1. The van der Waals surface area contributed by atoms with Crippen molar-refractivity contribution in [1.82, 2.24) is 0 Å². The van der Waals surface area contributed by atoms with Crippen molar-refractivity contribution in [2.75, 3.05) is 13.2 Å². The molecule has 1 heterocycles. The summed E-state index contributed by atoms with van der Waals surface area (Å²) in [6.45, 7) is 3.36. The van der Waals surface area contributed by atoms with E-state index in [1.165, 1.54) is 12.8 Å². The summed E-state index contributed by atoms with van der Waals surface area (Å²) in [6, 6.07) is 0. The second-order valence-corrected chi connectivity index (χ2v) is 4.30. The highest BCUT2D eigenvalue weighted by Crippen LogP contribution is 2.37. The van der Waals surface area contributed by atoms with Gasteiger partial charge < -0.3 is 14.6 Å². The number of hydrogen-bond acceptors (Lipinski definition) is 3. The number of hydrogen-bond donors (Lipinski definition) is 1. The number of rotatable bonds is 5. The van der Waals surface area contributed by atoms with Gasteiger partial charge in [0.25, 0.3) is 0 Å². The van der Waals surface area contributed by atoms with Crippen LogP contribution in [0.4, 0.5) is 0 Å². The molecule has 3 heteroatoms. The molecule has 0 bridgehead atoms. The molecule has 1 saturated carbocycles. The Hall–Kier alpha value is -0.540. The first-order chi connectivity index (χ1) is 7.33. The fraction of sp³-hybridized carbons (Fsp3) is 0.833. The van der Waals surface area contributed by atoms with E-state index in [4.69, 9.17) is 9.47 Å². The van der Waals surface area contributed by atoms with Crippen molar-refractivity contribution in [3.8, 4) is 0 Å². The van der Waals surface area contributed by atoms with Crippen molar-refractivity contribution in [3.05, 3.63) is 11.8 Å². The third-order valence-electron chi connectivity index (χ3n) is 3.01. The molecule has 0 aromatic heterocycles. The summed E-state index contributed by atoms with van der Waals surface area (Å²) >= 11 is 0. The fourth-order valence-corrected chi connectivity index (χ4v) is 2.05. The lowest BCUT2D eigenvalue weighted by Gasteiger charge is -2.26. The maximum Gasteiger partial charge on any atom is 0.137 e. The molecule has 0 aromatic rings. The molecule has 0 radical (unpaired) electrons. The lowest BCUT2D eigenvalue weighted by atomic mass is 10.1. The van der Waals surface area contributed by atoms with Crippen molar-refractivity contribution < 1.29 is 14.6 Å². The molecule has 0 aromatic carbocycles. The summed E-state index contributed by atoms with van der Waals surface area (Å²) in [5.41, 5.74) is 0. The zero-order valence-electron chi connectivity index (χ0n) is 9.32. The monoisotopic (exact) mass is 212 g/mol. The van der Waals surface area contributed by atoms with Gasteiger partial charge in [0, 0.05) is 6.61 Å². The number of aliphatic hydroxyl groups is 1. The molecule has 0 spiro atoms. The topological polar surface area (TPSA) is 38.7 Å². The Balaban J connectivity index is 1.96. The Morgan fingerprint density at radius 1 is 1.60 bits per heavy atom. The van der Waals surface area contributed by atoms with Crippen LogP contribution in [0, 0.1) is 5.92 Å². The highest BCUT2D eigenvalue weighted by atomic mass is 16.5. The Morgan fingerprint density at radius 2 is 2.40 bits per heavy atom. The van der Waals surface area contributed by atoms with Crippen LogP contribution in [0.5, 0.6) is 0 Å². The molecular weight excluding hydrogens is 192 g/mol. The van der Waals surface area contributed by atoms with Crippen LogP contribution in [0.15, 0.2) is 11.8 Å². The van der Waals surface area contributed by atoms with Gasteiger partial charge in [-0.3, -0.25) is 0 Å². The number of ether oxygens (including phenoxy) is 2. The van der Waals surface area contributed by atoms with Gasteiger partial charge in [0.15, 0.2) is 0 Å². The van der Waals surface area contributed by atoms with E-state index in [1.807, 2.05) is 13.0 Å². The molecule has 15 heavy (non-hydrogen) atoms. The Labute approximate surface area is 91.1 Å². The lowest BCUT2D eigenvalue weighted by molar-refractivity contribution is -0.0526. The first-order valence-corrected chi connectivity index (χ1v) is 5.95. The molecule has 86 valence electrons. The van der Waals surface area contributed by atoms with E-state index in [-0.39, 0.29) is 6.10 Å². The van der Waals surface area contributed by atoms with Crippen LogP contribution in [-0.2, 0) is 9.47 Å². The summed E-state index contributed by atoms with van der Waals surface area (Å²) in [7, 11) is 0. The van der Waals surface area contributed by atoms with Gasteiger partial charge in [0.1, 0.15) is 11.9 Å². The first kappa shape index (κ1) is 11.0. The normalized spacial score (nSPS) is 25.3. The van der Waals surface area contributed by atoms with Gasteiger partial charge >= 0.3 is 0 Å². The van der Waals surface area contributed by atoms with Crippen LogP contribution in [-0.4, -0.2) is 30.5 Å². The third-order valence-corrected chi connectivity index (χ3v) is 3.01. The molecule has 3 nitrogen and oxygen atoms in total. The third kappa shape index (κ3) is 2.73. The van der Waals surface area contributed by atoms with Crippen molar-refractivity contribution in [2.45, 2.75) is 44.8 Å². The standard InChI is InChI=1S/C12H20O3/c1-2-14-12(9-6-7-9)11(13)10-5-3-4-8-15-10/h5,9,11-13H,2-4,6-8H2,1H3. The average molecular weight is 212 g/mol. The van der Waals surface area contributed by atoms with Crippen molar-refractivity contribution >= 4 is 0 Å². The van der Waals surface area contributed by atoms with E-state index in [9.17, 15) is 5.11 Å². The molecule has 2 aliphatic rings. The minimum absolute atomic E-state index is 0.0562. The summed E-state index contributed by atoms with van der Waals surface area (Å²) in [5, 5.41) is 10.2. The Kier molecular flexibility index (Phi) is 3.65. The molecular formula is C12H20O3. The second-order valence-electron chi connectivity index (χ2n) is 4.30. The van der Waals surface area contributed by atoms with Crippen LogP contribution in [0.2, 0.25) is 0 Å². The zero-order valence-corrected chi connectivity index (χ0v) is 9.32. The van der Waals surface area contributed by atoms with Gasteiger partial charge in [-0.25, -0.2) is 0 Å². The maximum absolute atomic E-state index is 10.2. The van der Waals surface area contributed by atoms with Gasteiger partial charge in [-0.1, -0.05) is 0 Å². The molecule has 2 rings (SSSR count). The molecule has 1 fully saturated rings. The lowest BCUT2D eigenvalue weighted by Crippen LogP contribution is -2.34. The van der Waals surface area contributed by atoms with E-state index in [1.54, 1.807) is 0 Å². The molecule has 1 aliphatic carbocycles. The predicted molar refractivity (Wildman–Crippen MR) is 57.4 cm³/mol. The van der Waals surface area contributed by atoms with E-state index in [0.29, 0.717) is 12.5 Å². The SMILES string of the molecule is CCOC(C1CC1)C(O)C1=CCCCO1. The van der Waals surface area contributed by atoms with Crippen molar-refractivity contribution in [1.29, 1.82) is 0 Å². The van der Waals surface area contributed by atoms with Crippen molar-refractivity contribution in [2.24, 2.45) is 5.92 Å². The average Bonchev–Trinajstić information content (AvgIpc) is 3.10. The Bertz CT molecular complexity index is 233. The van der Waals surface area contributed by atoms with Gasteiger partial charge in [0.2, 0.25) is 0 Å². The summed E-state index contributed by atoms with van der Waals surface area (Å²) in [6.07, 6.45) is 5.80. The minimum atomic E-state index is -0.558. The fourth-order valence-electron chi connectivity index (χ4n) is 2.05. The summed E-state index contributed by atoms with van der Waals surface area (Å²) < 4.78 is 11.1. The number of allylic oxidation sites excluding steroid dienone is 1. The van der Waals surface area contributed by atoms with Crippen LogP contribution in [0.3, 0.4) is 0 Å². The predicted octanol–water partition coefficient (Wildman–Crippen LogP) is 1.86. The first-order valence-electron chi connectivity index (χ1n) is 5.95. The molecule has 0 amide bonds. The second kappa shape index (κ2) is 4.99. The highest BCUT2D eigenvalue weighted by molar-refractivity contribution is 5.07. The van der Waals surface area contributed by atoms with Gasteiger partial charge in [-0.15, -0.1) is 0 Å². The highest BCUT2D eigenvalue weighted by Gasteiger charge is 2.38.